The number of ether oxygens (including phenoxy) is 4. The molecule has 1 aromatic carbocycles. The van der Waals surface area contributed by atoms with Crippen molar-refractivity contribution in [2.75, 3.05) is 13.2 Å². The standard InChI is InChI=1S/C29H42O14/c1-13(2)5-6-14-9-16(26(38)43-28-24(37)22(35)20(33)18(12-31)41-28)10-15(7-8-29(3,4)39)25(14)42-27-23(36)21(34)19(32)17(11-30)40-27/h5,7-10,17-24,27-28,30-37,39H,6,11-12H2,1-4H3. The molecule has 2 fully saturated rings. The van der Waals surface area contributed by atoms with Gasteiger partial charge in [0.1, 0.15) is 54.6 Å². The molecule has 0 saturated carbocycles. The predicted octanol–water partition coefficient (Wildman–Crippen LogP) is -1.89. The lowest BCUT2D eigenvalue weighted by atomic mass is 9.97. The Morgan fingerprint density at radius 3 is 1.91 bits per heavy atom. The Bertz CT molecular complexity index is 1150. The Morgan fingerprint density at radius 1 is 0.860 bits per heavy atom. The van der Waals surface area contributed by atoms with Crippen molar-refractivity contribution in [3.63, 3.8) is 0 Å². The quantitative estimate of drug-likeness (QED) is 0.104. The van der Waals surface area contributed by atoms with Gasteiger partial charge in [0.15, 0.2) is 0 Å². The lowest BCUT2D eigenvalue weighted by Crippen LogP contribution is -2.60. The molecule has 1 aromatic rings. The molecule has 0 aromatic heterocycles. The number of aliphatic hydroxyl groups is 9. The van der Waals surface area contributed by atoms with E-state index < -0.39 is 86.2 Å². The van der Waals surface area contributed by atoms with Crippen LogP contribution in [0.4, 0.5) is 0 Å². The van der Waals surface area contributed by atoms with Crippen molar-refractivity contribution in [2.45, 2.75) is 101 Å². The maximum absolute atomic E-state index is 13.3. The van der Waals surface area contributed by atoms with Gasteiger partial charge in [0.05, 0.1) is 24.4 Å². The van der Waals surface area contributed by atoms with Gasteiger partial charge in [0, 0.05) is 5.56 Å². The van der Waals surface area contributed by atoms with Crippen molar-refractivity contribution < 1.29 is 69.7 Å². The summed E-state index contributed by atoms with van der Waals surface area (Å²) in [5, 5.41) is 90.8. The Kier molecular flexibility index (Phi) is 11.8. The SMILES string of the molecule is CC(C)=CCc1cc(C(=O)OC2OC(CO)C(O)C(O)C2O)cc(C=CC(C)(C)O)c1OC1OC(CO)C(O)C(O)C1O. The molecule has 0 amide bonds. The summed E-state index contributed by atoms with van der Waals surface area (Å²) in [4.78, 5) is 13.3. The van der Waals surface area contributed by atoms with E-state index in [0.29, 0.717) is 5.56 Å². The summed E-state index contributed by atoms with van der Waals surface area (Å²) in [6.07, 6.45) is -11.3. The van der Waals surface area contributed by atoms with Crippen LogP contribution in [0.5, 0.6) is 5.75 Å². The van der Waals surface area contributed by atoms with E-state index in [1.165, 1.54) is 38.1 Å². The van der Waals surface area contributed by atoms with Crippen LogP contribution in [0.1, 0.15) is 49.2 Å². The minimum Gasteiger partial charge on any atom is -0.461 e. The van der Waals surface area contributed by atoms with E-state index in [0.717, 1.165) is 5.57 Å². The lowest BCUT2D eigenvalue weighted by molar-refractivity contribution is -0.285. The average molecular weight is 615 g/mol. The highest BCUT2D eigenvalue weighted by Gasteiger charge is 2.46. The largest absolute Gasteiger partial charge is 0.461 e. The van der Waals surface area contributed by atoms with Crippen LogP contribution in [0, 0.1) is 0 Å². The fourth-order valence-corrected chi connectivity index (χ4v) is 4.48. The van der Waals surface area contributed by atoms with E-state index in [-0.39, 0.29) is 23.3 Å². The van der Waals surface area contributed by atoms with Crippen LogP contribution < -0.4 is 4.74 Å². The van der Waals surface area contributed by atoms with Crippen LogP contribution in [-0.4, -0.2) is 132 Å². The zero-order valence-electron chi connectivity index (χ0n) is 24.3. The van der Waals surface area contributed by atoms with Crippen LogP contribution >= 0.6 is 0 Å². The van der Waals surface area contributed by atoms with E-state index in [4.69, 9.17) is 18.9 Å². The molecule has 9 N–H and O–H groups in total. The van der Waals surface area contributed by atoms with Gasteiger partial charge in [-0.05, 0) is 51.8 Å². The minimum atomic E-state index is -1.82. The van der Waals surface area contributed by atoms with Gasteiger partial charge >= 0.3 is 5.97 Å². The van der Waals surface area contributed by atoms with Gasteiger partial charge in [-0.15, -0.1) is 0 Å². The molecule has 0 aliphatic carbocycles. The molecule has 2 saturated heterocycles. The molecular formula is C29H42O14. The highest BCUT2D eigenvalue weighted by atomic mass is 16.7. The summed E-state index contributed by atoms with van der Waals surface area (Å²) in [7, 11) is 0. The van der Waals surface area contributed by atoms with Crippen LogP contribution in [-0.2, 0) is 20.6 Å². The van der Waals surface area contributed by atoms with Crippen molar-refractivity contribution >= 4 is 12.0 Å². The number of rotatable bonds is 10. The monoisotopic (exact) mass is 614 g/mol. The van der Waals surface area contributed by atoms with Crippen molar-refractivity contribution in [2.24, 2.45) is 0 Å². The minimum absolute atomic E-state index is 0.0757. The Morgan fingerprint density at radius 2 is 1.40 bits per heavy atom. The molecule has 0 spiro atoms. The molecule has 10 unspecified atom stereocenters. The molecule has 2 aliphatic heterocycles. The van der Waals surface area contributed by atoms with Gasteiger partial charge in [-0.25, -0.2) is 4.79 Å². The highest BCUT2D eigenvalue weighted by Crippen LogP contribution is 2.34. The van der Waals surface area contributed by atoms with E-state index in [9.17, 15) is 50.8 Å². The summed E-state index contributed by atoms with van der Waals surface area (Å²) in [5.74, 6) is -0.938. The Hall–Kier alpha value is -2.47. The highest BCUT2D eigenvalue weighted by molar-refractivity contribution is 5.91. The number of benzene rings is 1. The van der Waals surface area contributed by atoms with E-state index in [2.05, 4.69) is 0 Å². The second kappa shape index (κ2) is 14.5. The fraction of sp³-hybridized carbons (Fsp3) is 0.621. The van der Waals surface area contributed by atoms with Crippen LogP contribution in [0.25, 0.3) is 6.08 Å². The van der Waals surface area contributed by atoms with Crippen LogP contribution in [0.2, 0.25) is 0 Å². The summed E-state index contributed by atoms with van der Waals surface area (Å²) < 4.78 is 22.1. The lowest BCUT2D eigenvalue weighted by Gasteiger charge is -2.40. The molecule has 0 bridgehead atoms. The second-order valence-electron chi connectivity index (χ2n) is 11.4. The molecule has 14 nitrogen and oxygen atoms in total. The molecule has 0 radical (unpaired) electrons. The smallest absolute Gasteiger partial charge is 0.340 e. The molecule has 43 heavy (non-hydrogen) atoms. The summed E-state index contributed by atoms with van der Waals surface area (Å²) >= 11 is 0. The molecule has 2 heterocycles. The number of hydrogen-bond acceptors (Lipinski definition) is 14. The number of hydrogen-bond donors (Lipinski definition) is 9. The normalized spacial score (nSPS) is 33.3. The Balaban J connectivity index is 2.06. The first-order valence-electron chi connectivity index (χ1n) is 13.8. The predicted molar refractivity (Wildman–Crippen MR) is 148 cm³/mol. The topological polar surface area (TPSA) is 236 Å². The van der Waals surface area contributed by atoms with E-state index >= 15 is 0 Å². The Labute approximate surface area is 248 Å². The third-order valence-electron chi connectivity index (χ3n) is 6.99. The molecule has 10 atom stereocenters. The average Bonchev–Trinajstić information content (AvgIpc) is 2.95. The van der Waals surface area contributed by atoms with Gasteiger partial charge in [0.2, 0.25) is 12.6 Å². The molecule has 3 rings (SSSR count). The molecular weight excluding hydrogens is 572 g/mol. The van der Waals surface area contributed by atoms with Gasteiger partial charge in [-0.1, -0.05) is 23.8 Å². The number of aliphatic hydroxyl groups excluding tert-OH is 8. The molecule has 242 valence electrons. The van der Waals surface area contributed by atoms with Crippen molar-refractivity contribution in [3.05, 3.63) is 46.5 Å². The maximum Gasteiger partial charge on any atom is 0.340 e. The number of carbonyl (C=O) groups is 1. The van der Waals surface area contributed by atoms with Gasteiger partial charge < -0.3 is 64.9 Å². The van der Waals surface area contributed by atoms with Crippen LogP contribution in [0.15, 0.2) is 29.9 Å². The van der Waals surface area contributed by atoms with E-state index in [1.807, 2.05) is 19.9 Å². The fourth-order valence-electron chi connectivity index (χ4n) is 4.48. The molecule has 2 aliphatic rings. The first-order chi connectivity index (χ1) is 20.1. The van der Waals surface area contributed by atoms with Crippen LogP contribution in [0.3, 0.4) is 0 Å². The third-order valence-corrected chi connectivity index (χ3v) is 6.99. The third kappa shape index (κ3) is 8.59. The van der Waals surface area contributed by atoms with E-state index in [1.54, 1.807) is 0 Å². The van der Waals surface area contributed by atoms with Gasteiger partial charge in [-0.3, -0.25) is 0 Å². The first-order valence-corrected chi connectivity index (χ1v) is 13.8. The molecule has 14 heteroatoms. The number of allylic oxidation sites excluding steroid dienone is 2. The summed E-state index contributed by atoms with van der Waals surface area (Å²) in [6, 6.07) is 2.71. The first kappa shape index (κ1) is 35.0. The van der Waals surface area contributed by atoms with Crippen molar-refractivity contribution in [1.29, 1.82) is 0 Å². The zero-order chi connectivity index (χ0) is 32.2. The van der Waals surface area contributed by atoms with Gasteiger partial charge in [-0.2, -0.15) is 0 Å². The summed E-state index contributed by atoms with van der Waals surface area (Å²) in [6.45, 7) is 5.28. The zero-order valence-corrected chi connectivity index (χ0v) is 24.3. The second-order valence-corrected chi connectivity index (χ2v) is 11.4. The number of carbonyl (C=O) groups excluding carboxylic acids is 1. The van der Waals surface area contributed by atoms with Crippen molar-refractivity contribution in [1.82, 2.24) is 0 Å². The summed E-state index contributed by atoms with van der Waals surface area (Å²) in [5.41, 5.74) is 0.0662. The maximum atomic E-state index is 13.3. The van der Waals surface area contributed by atoms with Gasteiger partial charge in [0.25, 0.3) is 0 Å². The number of esters is 1. The van der Waals surface area contributed by atoms with Crippen molar-refractivity contribution in [3.8, 4) is 5.75 Å².